The van der Waals surface area contributed by atoms with Gasteiger partial charge >= 0.3 is 11.2 Å². The summed E-state index contributed by atoms with van der Waals surface area (Å²) in [5.74, 6) is -0.349. The summed E-state index contributed by atoms with van der Waals surface area (Å²) in [5.41, 5.74) is 1.13. The molecule has 0 radical (unpaired) electrons. The van der Waals surface area contributed by atoms with Crippen molar-refractivity contribution in [2.45, 2.75) is 13.5 Å². The van der Waals surface area contributed by atoms with Crippen LogP contribution < -0.4 is 16.6 Å². The Hall–Kier alpha value is -3.61. The number of furan rings is 1. The van der Waals surface area contributed by atoms with Crippen LogP contribution in [0.1, 0.15) is 5.56 Å². The predicted molar refractivity (Wildman–Crippen MR) is 102 cm³/mol. The van der Waals surface area contributed by atoms with Gasteiger partial charge in [0, 0.05) is 12.4 Å². The molecule has 0 aliphatic heterocycles. The largest absolute Gasteiger partial charge is 0.449 e. The van der Waals surface area contributed by atoms with Crippen molar-refractivity contribution < 1.29 is 9.21 Å². The number of aryl methyl sites for hydroxylation is 1. The van der Waals surface area contributed by atoms with Crippen molar-refractivity contribution in [2.75, 3.05) is 7.05 Å². The van der Waals surface area contributed by atoms with Gasteiger partial charge in [-0.1, -0.05) is 29.8 Å². The molecule has 1 amide bonds. The molecule has 27 heavy (non-hydrogen) atoms. The molecule has 0 unspecified atom stereocenters. The van der Waals surface area contributed by atoms with Gasteiger partial charge in [-0.15, -0.1) is 0 Å². The summed E-state index contributed by atoms with van der Waals surface area (Å²) >= 11 is 0. The van der Waals surface area contributed by atoms with Gasteiger partial charge in [-0.3, -0.25) is 14.2 Å². The number of rotatable bonds is 3. The lowest BCUT2D eigenvalue weighted by Gasteiger charge is -2.11. The van der Waals surface area contributed by atoms with Gasteiger partial charge in [-0.25, -0.2) is 9.36 Å². The molecule has 4 aromatic rings. The number of hydrogen-bond donors (Lipinski definition) is 1. The van der Waals surface area contributed by atoms with Crippen LogP contribution in [-0.4, -0.2) is 22.1 Å². The first-order valence-corrected chi connectivity index (χ1v) is 8.46. The summed E-state index contributed by atoms with van der Waals surface area (Å²) in [6.07, 6.45) is 0. The van der Waals surface area contributed by atoms with Crippen molar-refractivity contribution in [1.29, 1.82) is 0 Å². The van der Waals surface area contributed by atoms with E-state index < -0.39 is 11.2 Å². The van der Waals surface area contributed by atoms with Crippen molar-refractivity contribution >= 4 is 28.0 Å². The average molecular weight is 363 g/mol. The van der Waals surface area contributed by atoms with E-state index in [0.717, 1.165) is 10.1 Å². The fourth-order valence-corrected chi connectivity index (χ4v) is 3.14. The normalized spacial score (nSPS) is 11.2. The lowest BCUT2D eigenvalue weighted by molar-refractivity contribution is -0.121. The van der Waals surface area contributed by atoms with Gasteiger partial charge in [0.25, 0.3) is 0 Å². The predicted octanol–water partition coefficient (Wildman–Crippen LogP) is 1.95. The number of hydrogen-bond acceptors (Lipinski definition) is 4. The highest BCUT2D eigenvalue weighted by atomic mass is 16.3. The van der Waals surface area contributed by atoms with Gasteiger partial charge in [0.2, 0.25) is 11.5 Å². The summed E-state index contributed by atoms with van der Waals surface area (Å²) < 4.78 is 8.07. The van der Waals surface area contributed by atoms with Gasteiger partial charge < -0.3 is 9.73 Å². The molecule has 7 nitrogen and oxygen atoms in total. The fraction of sp³-hybridized carbons (Fsp3) is 0.150. The number of carbonyl (C=O) groups is 1. The summed E-state index contributed by atoms with van der Waals surface area (Å²) in [6, 6.07) is 14.1. The van der Waals surface area contributed by atoms with E-state index in [-0.39, 0.29) is 18.0 Å². The molecule has 0 atom stereocenters. The van der Waals surface area contributed by atoms with E-state index >= 15 is 0 Å². The zero-order valence-corrected chi connectivity index (χ0v) is 14.9. The van der Waals surface area contributed by atoms with Gasteiger partial charge in [-0.2, -0.15) is 0 Å². The molecule has 2 aromatic heterocycles. The Morgan fingerprint density at radius 1 is 1.07 bits per heavy atom. The van der Waals surface area contributed by atoms with E-state index in [1.54, 1.807) is 36.4 Å². The Morgan fingerprint density at radius 3 is 2.48 bits per heavy atom. The van der Waals surface area contributed by atoms with Gasteiger partial charge in [0.1, 0.15) is 17.6 Å². The molecule has 7 heteroatoms. The molecule has 0 aliphatic carbocycles. The third-order valence-corrected chi connectivity index (χ3v) is 4.53. The second kappa shape index (κ2) is 6.28. The van der Waals surface area contributed by atoms with Crippen LogP contribution in [0.2, 0.25) is 0 Å². The highest BCUT2D eigenvalue weighted by Crippen LogP contribution is 2.25. The van der Waals surface area contributed by atoms with E-state index in [0.29, 0.717) is 22.2 Å². The minimum Gasteiger partial charge on any atom is -0.449 e. The quantitative estimate of drug-likeness (QED) is 0.603. The number of nitrogens with one attached hydrogen (secondary N) is 1. The molecular weight excluding hydrogens is 346 g/mol. The molecule has 0 aliphatic rings. The first-order chi connectivity index (χ1) is 13.0. The van der Waals surface area contributed by atoms with Crippen molar-refractivity contribution in [3.8, 4) is 5.69 Å². The second-order valence-corrected chi connectivity index (χ2v) is 6.29. The maximum Gasteiger partial charge on any atom is 0.336 e. The Balaban J connectivity index is 2.16. The highest BCUT2D eigenvalue weighted by molar-refractivity contribution is 6.02. The summed E-state index contributed by atoms with van der Waals surface area (Å²) in [5, 5.41) is 3.12. The zero-order valence-electron chi connectivity index (χ0n) is 14.9. The van der Waals surface area contributed by atoms with Crippen molar-refractivity contribution in [2.24, 2.45) is 0 Å². The van der Waals surface area contributed by atoms with Crippen molar-refractivity contribution in [1.82, 2.24) is 14.5 Å². The minimum atomic E-state index is -0.591. The van der Waals surface area contributed by atoms with E-state index in [1.807, 2.05) is 19.1 Å². The Morgan fingerprint density at radius 2 is 1.78 bits per heavy atom. The van der Waals surface area contributed by atoms with E-state index in [2.05, 4.69) is 5.32 Å². The number of fused-ring (bicyclic) bond motifs is 3. The fourth-order valence-electron chi connectivity index (χ4n) is 3.14. The monoisotopic (exact) mass is 363 g/mol. The van der Waals surface area contributed by atoms with Crippen molar-refractivity contribution in [3.63, 3.8) is 0 Å². The van der Waals surface area contributed by atoms with Crippen LogP contribution in [-0.2, 0) is 11.3 Å². The maximum absolute atomic E-state index is 13.2. The van der Waals surface area contributed by atoms with Crippen LogP contribution in [0.5, 0.6) is 0 Å². The minimum absolute atomic E-state index is 0.0419. The van der Waals surface area contributed by atoms with Crippen LogP contribution in [0.3, 0.4) is 0 Å². The molecule has 1 N–H and O–H groups in total. The average Bonchev–Trinajstić information content (AvgIpc) is 3.06. The summed E-state index contributed by atoms with van der Waals surface area (Å²) in [7, 11) is 1.49. The first kappa shape index (κ1) is 16.8. The van der Waals surface area contributed by atoms with Crippen LogP contribution in [0.15, 0.2) is 62.5 Å². The molecule has 4 rings (SSSR count). The highest BCUT2D eigenvalue weighted by Gasteiger charge is 2.21. The smallest absolute Gasteiger partial charge is 0.336 e. The van der Waals surface area contributed by atoms with E-state index in [9.17, 15) is 14.4 Å². The van der Waals surface area contributed by atoms with E-state index in [4.69, 9.17) is 4.42 Å². The Kier molecular flexibility index (Phi) is 3.92. The van der Waals surface area contributed by atoms with Gasteiger partial charge in [0.15, 0.2) is 0 Å². The van der Waals surface area contributed by atoms with Crippen LogP contribution in [0.25, 0.3) is 27.8 Å². The molecule has 2 heterocycles. The molecule has 0 bridgehead atoms. The third-order valence-electron chi connectivity index (χ3n) is 4.53. The second-order valence-electron chi connectivity index (χ2n) is 6.29. The standard InChI is InChI=1S/C20H17N3O4/c1-12-7-9-13(10-8-12)23-19(25)18-17(14-5-3-4-6-15(14)27-18)22(20(23)26)11-16(24)21-2/h3-10H,11H2,1-2H3,(H,21,24). The Bertz CT molecular complexity index is 1290. The van der Waals surface area contributed by atoms with Crippen LogP contribution in [0.4, 0.5) is 0 Å². The number of amides is 1. The zero-order chi connectivity index (χ0) is 19.1. The topological polar surface area (TPSA) is 86.2 Å². The number of likely N-dealkylation sites (N-methyl/N-ethyl adjacent to an activating group) is 1. The molecule has 0 fully saturated rings. The van der Waals surface area contributed by atoms with Gasteiger partial charge in [0.05, 0.1) is 5.69 Å². The number of benzene rings is 2. The van der Waals surface area contributed by atoms with E-state index in [1.165, 1.54) is 11.6 Å². The number of nitrogens with zero attached hydrogens (tertiary/aromatic N) is 2. The molecule has 2 aromatic carbocycles. The maximum atomic E-state index is 13.2. The lowest BCUT2D eigenvalue weighted by atomic mass is 10.2. The molecule has 0 saturated carbocycles. The lowest BCUT2D eigenvalue weighted by Crippen LogP contribution is -2.41. The molecule has 136 valence electrons. The molecule has 0 saturated heterocycles. The Labute approximate surface area is 153 Å². The summed E-state index contributed by atoms with van der Waals surface area (Å²) in [4.78, 5) is 38.3. The van der Waals surface area contributed by atoms with Crippen molar-refractivity contribution in [3.05, 3.63) is 74.9 Å². The number of carbonyl (C=O) groups excluding carboxylic acids is 1. The van der Waals surface area contributed by atoms with Crippen LogP contribution >= 0.6 is 0 Å². The molecule has 0 spiro atoms. The number of aromatic nitrogens is 2. The number of para-hydroxylation sites is 1. The molecular formula is C20H17N3O4. The SMILES string of the molecule is CNC(=O)Cn1c(=O)n(-c2ccc(C)cc2)c(=O)c2oc3ccccc3c21. The van der Waals surface area contributed by atoms with Crippen LogP contribution in [0, 0.1) is 6.92 Å². The van der Waals surface area contributed by atoms with Gasteiger partial charge in [-0.05, 0) is 31.2 Å². The third kappa shape index (κ3) is 2.64. The first-order valence-electron chi connectivity index (χ1n) is 8.46. The summed E-state index contributed by atoms with van der Waals surface area (Å²) in [6.45, 7) is 1.69.